The molecule has 1 aromatic heterocycles. The molecule has 0 radical (unpaired) electrons. The Bertz CT molecular complexity index is 1030. The van der Waals surface area contributed by atoms with E-state index in [4.69, 9.17) is 4.74 Å². The van der Waals surface area contributed by atoms with E-state index in [0.717, 1.165) is 27.5 Å². The maximum Gasteiger partial charge on any atom is 0.235 e. The molecule has 3 aromatic rings. The van der Waals surface area contributed by atoms with Crippen LogP contribution in [0.3, 0.4) is 0 Å². The number of nitriles is 1. The summed E-state index contributed by atoms with van der Waals surface area (Å²) in [7, 11) is 1.62. The molecule has 0 fully saturated rings. The number of thioether (sulfide) groups is 1. The fraction of sp³-hybridized carbons (Fsp3) is 0.217. The fourth-order valence-corrected chi connectivity index (χ4v) is 3.78. The second kappa shape index (κ2) is 9.35. The lowest BCUT2D eigenvalue weighted by atomic mass is 10.2. The number of hydrogen-bond acceptors (Lipinski definition) is 4. The van der Waals surface area contributed by atoms with Crippen molar-refractivity contribution in [2.45, 2.75) is 25.3 Å². The van der Waals surface area contributed by atoms with Crippen LogP contribution in [0.15, 0.2) is 59.5 Å². The molecule has 0 saturated heterocycles. The van der Waals surface area contributed by atoms with Crippen LogP contribution in [0, 0.1) is 25.2 Å². The molecule has 0 unspecified atom stereocenters. The van der Waals surface area contributed by atoms with Crippen molar-refractivity contribution in [3.8, 4) is 11.8 Å². The Labute approximate surface area is 175 Å². The highest BCUT2D eigenvalue weighted by Crippen LogP contribution is 2.28. The van der Waals surface area contributed by atoms with Gasteiger partial charge in [0.1, 0.15) is 17.6 Å². The first-order valence-corrected chi connectivity index (χ1v) is 10.2. The van der Waals surface area contributed by atoms with Gasteiger partial charge in [-0.25, -0.2) is 0 Å². The van der Waals surface area contributed by atoms with Crippen LogP contribution < -0.4 is 10.1 Å². The van der Waals surface area contributed by atoms with Gasteiger partial charge in [-0.1, -0.05) is 30.3 Å². The molecule has 1 heterocycles. The molecule has 0 saturated carbocycles. The van der Waals surface area contributed by atoms with Crippen LogP contribution in [0.2, 0.25) is 0 Å². The summed E-state index contributed by atoms with van der Waals surface area (Å²) in [6, 6.07) is 19.8. The van der Waals surface area contributed by atoms with E-state index in [1.165, 1.54) is 11.8 Å². The maximum absolute atomic E-state index is 12.6. The third-order valence-electron chi connectivity index (χ3n) is 4.81. The van der Waals surface area contributed by atoms with Gasteiger partial charge in [-0.3, -0.25) is 4.79 Å². The van der Waals surface area contributed by atoms with Gasteiger partial charge in [0.2, 0.25) is 5.91 Å². The standard InChI is InChI=1S/C23H23N3O2S/c1-16-17(2)26(14-18-7-5-4-6-8-18)23(21(16)13-24)25-22(27)15-29-20-11-9-19(28-3)10-12-20/h4-12H,14-15H2,1-3H3,(H,25,27). The molecule has 1 N–H and O–H groups in total. The third-order valence-corrected chi connectivity index (χ3v) is 5.82. The molecule has 6 heteroatoms. The van der Waals surface area contributed by atoms with Gasteiger partial charge >= 0.3 is 0 Å². The lowest BCUT2D eigenvalue weighted by Gasteiger charge is -2.13. The summed E-state index contributed by atoms with van der Waals surface area (Å²) in [6.07, 6.45) is 0. The van der Waals surface area contributed by atoms with Crippen LogP contribution in [-0.2, 0) is 11.3 Å². The van der Waals surface area contributed by atoms with Crippen LogP contribution in [0.5, 0.6) is 5.75 Å². The number of benzene rings is 2. The molecular formula is C23H23N3O2S. The highest BCUT2D eigenvalue weighted by Gasteiger charge is 2.19. The van der Waals surface area contributed by atoms with E-state index in [-0.39, 0.29) is 11.7 Å². The van der Waals surface area contributed by atoms with Gasteiger partial charge in [0, 0.05) is 17.1 Å². The zero-order valence-corrected chi connectivity index (χ0v) is 17.5. The normalized spacial score (nSPS) is 10.4. The van der Waals surface area contributed by atoms with Gasteiger partial charge < -0.3 is 14.6 Å². The number of nitrogens with zero attached hydrogens (tertiary/aromatic N) is 2. The monoisotopic (exact) mass is 405 g/mol. The molecule has 1 amide bonds. The molecule has 5 nitrogen and oxygen atoms in total. The molecular weight excluding hydrogens is 382 g/mol. The number of anilines is 1. The third kappa shape index (κ3) is 4.82. The zero-order chi connectivity index (χ0) is 20.8. The van der Waals surface area contributed by atoms with Crippen LogP contribution in [0.25, 0.3) is 0 Å². The summed E-state index contributed by atoms with van der Waals surface area (Å²) in [5.74, 6) is 1.45. The first-order chi connectivity index (χ1) is 14.0. The van der Waals surface area contributed by atoms with Crippen LogP contribution in [0.1, 0.15) is 22.4 Å². The maximum atomic E-state index is 12.6. The molecule has 3 rings (SSSR count). The van der Waals surface area contributed by atoms with Crippen molar-refractivity contribution >= 4 is 23.5 Å². The number of carbonyl (C=O) groups is 1. The minimum atomic E-state index is -0.144. The first-order valence-electron chi connectivity index (χ1n) is 9.24. The Balaban J connectivity index is 1.77. The molecule has 0 bridgehead atoms. The van der Waals surface area contributed by atoms with Crippen molar-refractivity contribution in [2.24, 2.45) is 0 Å². The summed E-state index contributed by atoms with van der Waals surface area (Å²) >= 11 is 1.44. The van der Waals surface area contributed by atoms with Crippen molar-refractivity contribution in [2.75, 3.05) is 18.2 Å². The summed E-state index contributed by atoms with van der Waals surface area (Å²) in [6.45, 7) is 4.48. The smallest absolute Gasteiger partial charge is 0.235 e. The number of amides is 1. The van der Waals surface area contributed by atoms with Gasteiger partial charge in [0.25, 0.3) is 0 Å². The Morgan fingerprint density at radius 2 is 1.83 bits per heavy atom. The highest BCUT2D eigenvalue weighted by atomic mass is 32.2. The van der Waals surface area contributed by atoms with E-state index >= 15 is 0 Å². The van der Waals surface area contributed by atoms with E-state index in [1.807, 2.05) is 73.0 Å². The minimum absolute atomic E-state index is 0.144. The highest BCUT2D eigenvalue weighted by molar-refractivity contribution is 8.00. The Kier molecular flexibility index (Phi) is 6.63. The van der Waals surface area contributed by atoms with Gasteiger partial charge in [-0.2, -0.15) is 5.26 Å². The summed E-state index contributed by atoms with van der Waals surface area (Å²) in [5.41, 5.74) is 3.49. The van der Waals surface area contributed by atoms with E-state index < -0.39 is 0 Å². The second-order valence-corrected chi connectivity index (χ2v) is 7.68. The van der Waals surface area contributed by atoms with Gasteiger partial charge in [0.05, 0.1) is 18.4 Å². The Morgan fingerprint density at radius 1 is 1.14 bits per heavy atom. The summed E-state index contributed by atoms with van der Waals surface area (Å²) < 4.78 is 7.15. The molecule has 0 aliphatic heterocycles. The van der Waals surface area contributed by atoms with Crippen LogP contribution in [-0.4, -0.2) is 23.3 Å². The Hall–Kier alpha value is -3.17. The van der Waals surface area contributed by atoms with Crippen LogP contribution >= 0.6 is 11.8 Å². The van der Waals surface area contributed by atoms with Crippen molar-refractivity contribution in [1.29, 1.82) is 5.26 Å². The van der Waals surface area contributed by atoms with Gasteiger partial charge in [0.15, 0.2) is 0 Å². The first kappa shape index (κ1) is 20.6. The van der Waals surface area contributed by atoms with Gasteiger partial charge in [-0.15, -0.1) is 11.8 Å². The molecule has 0 aliphatic carbocycles. The number of hydrogen-bond donors (Lipinski definition) is 1. The summed E-state index contributed by atoms with van der Waals surface area (Å²) in [4.78, 5) is 13.6. The van der Waals surface area contributed by atoms with E-state index in [1.54, 1.807) is 7.11 Å². The SMILES string of the molecule is COc1ccc(SCC(=O)Nc2c(C#N)c(C)c(C)n2Cc2ccccc2)cc1. The zero-order valence-electron chi connectivity index (χ0n) is 16.7. The number of aromatic nitrogens is 1. The lowest BCUT2D eigenvalue weighted by molar-refractivity contribution is -0.113. The largest absolute Gasteiger partial charge is 0.497 e. The number of ether oxygens (including phenoxy) is 1. The second-order valence-electron chi connectivity index (χ2n) is 6.63. The Morgan fingerprint density at radius 3 is 2.45 bits per heavy atom. The van der Waals surface area contributed by atoms with Crippen LogP contribution in [0.4, 0.5) is 5.82 Å². The fourth-order valence-electron chi connectivity index (χ4n) is 3.08. The predicted octanol–water partition coefficient (Wildman–Crippen LogP) is 4.76. The van der Waals surface area contributed by atoms with E-state index in [0.29, 0.717) is 17.9 Å². The average molecular weight is 406 g/mol. The molecule has 0 atom stereocenters. The van der Waals surface area contributed by atoms with Crippen molar-refractivity contribution in [3.05, 3.63) is 77.0 Å². The number of methoxy groups -OCH3 is 1. The minimum Gasteiger partial charge on any atom is -0.497 e. The number of carbonyl (C=O) groups excluding carboxylic acids is 1. The van der Waals surface area contributed by atoms with Crippen molar-refractivity contribution in [1.82, 2.24) is 4.57 Å². The molecule has 29 heavy (non-hydrogen) atoms. The van der Waals surface area contributed by atoms with E-state index in [2.05, 4.69) is 11.4 Å². The van der Waals surface area contributed by atoms with Gasteiger partial charge in [-0.05, 0) is 49.2 Å². The quantitative estimate of drug-likeness (QED) is 0.575. The van der Waals surface area contributed by atoms with E-state index in [9.17, 15) is 10.1 Å². The predicted molar refractivity (Wildman–Crippen MR) is 117 cm³/mol. The topological polar surface area (TPSA) is 67.0 Å². The summed E-state index contributed by atoms with van der Waals surface area (Å²) in [5, 5.41) is 12.6. The lowest BCUT2D eigenvalue weighted by Crippen LogP contribution is -2.18. The molecule has 148 valence electrons. The van der Waals surface area contributed by atoms with Crippen molar-refractivity contribution in [3.63, 3.8) is 0 Å². The average Bonchev–Trinajstić information content (AvgIpc) is 2.97. The number of nitrogens with one attached hydrogen (secondary N) is 1. The molecule has 2 aromatic carbocycles. The molecule has 0 aliphatic rings. The van der Waals surface area contributed by atoms with Crippen molar-refractivity contribution < 1.29 is 9.53 Å². The number of rotatable bonds is 7. The molecule has 0 spiro atoms.